The fraction of sp³-hybridized carbons (Fsp3) is 0.526. The molecule has 1 aromatic carbocycles. The van der Waals surface area contributed by atoms with Crippen molar-refractivity contribution in [3.8, 4) is 0 Å². The van der Waals surface area contributed by atoms with Crippen molar-refractivity contribution < 1.29 is 28.6 Å². The average molecular weight is 378 g/mol. The molecule has 0 unspecified atom stereocenters. The van der Waals surface area contributed by atoms with Crippen LogP contribution >= 0.6 is 0 Å². The molecule has 2 fully saturated rings. The highest BCUT2D eigenvalue weighted by Crippen LogP contribution is 2.41. The van der Waals surface area contributed by atoms with E-state index in [2.05, 4.69) is 5.32 Å². The first kappa shape index (κ1) is 19.3. The maximum atomic E-state index is 13.3. The van der Waals surface area contributed by atoms with E-state index >= 15 is 0 Å². The first-order valence-corrected chi connectivity index (χ1v) is 9.03. The van der Waals surface area contributed by atoms with Gasteiger partial charge >= 0.3 is 5.97 Å². The topological polar surface area (TPSA) is 95.9 Å². The number of aliphatic carboxylic acids is 1. The van der Waals surface area contributed by atoms with Crippen LogP contribution in [0.15, 0.2) is 24.3 Å². The van der Waals surface area contributed by atoms with Crippen molar-refractivity contribution in [1.82, 2.24) is 10.2 Å². The average Bonchev–Trinajstić information content (AvgIpc) is 2.87. The molecule has 0 aliphatic carbocycles. The van der Waals surface area contributed by atoms with Crippen LogP contribution in [0.4, 0.5) is 4.39 Å². The van der Waals surface area contributed by atoms with Gasteiger partial charge in [0.25, 0.3) is 0 Å². The van der Waals surface area contributed by atoms with Crippen LogP contribution in [-0.2, 0) is 19.1 Å². The Balaban J connectivity index is 1.82. The molecule has 0 saturated carbocycles. The van der Waals surface area contributed by atoms with Gasteiger partial charge in [0, 0.05) is 25.4 Å². The largest absolute Gasteiger partial charge is 0.480 e. The van der Waals surface area contributed by atoms with Crippen LogP contribution in [0.5, 0.6) is 0 Å². The van der Waals surface area contributed by atoms with E-state index in [1.54, 1.807) is 17.0 Å². The Hall–Kier alpha value is -2.48. The van der Waals surface area contributed by atoms with Gasteiger partial charge in [0.05, 0.1) is 5.54 Å². The Morgan fingerprint density at radius 2 is 2.00 bits per heavy atom. The van der Waals surface area contributed by atoms with E-state index in [0.717, 1.165) is 24.8 Å². The van der Waals surface area contributed by atoms with Crippen molar-refractivity contribution >= 4 is 17.8 Å². The molecule has 2 aliphatic rings. The third-order valence-electron chi connectivity index (χ3n) is 5.28. The maximum Gasteiger partial charge on any atom is 0.329 e. The number of carboxylic acid groups (broad SMARTS) is 1. The summed E-state index contributed by atoms with van der Waals surface area (Å²) in [4.78, 5) is 36.9. The van der Waals surface area contributed by atoms with Crippen LogP contribution in [0.3, 0.4) is 0 Å². The molecule has 8 heteroatoms. The number of benzene rings is 1. The Morgan fingerprint density at radius 1 is 1.26 bits per heavy atom. The van der Waals surface area contributed by atoms with E-state index in [9.17, 15) is 18.8 Å². The van der Waals surface area contributed by atoms with Gasteiger partial charge in [-0.3, -0.25) is 9.59 Å². The molecule has 2 N–H and O–H groups in total. The number of carbonyl (C=O) groups is 3. The van der Waals surface area contributed by atoms with Crippen LogP contribution in [0.1, 0.15) is 37.2 Å². The summed E-state index contributed by atoms with van der Waals surface area (Å²) in [6, 6.07) is 6.13. The standard InChI is InChI=1S/C19H23FN2O5/c20-14-6-4-13(5-7-14)15-9-22(17(24)10-27-11-18(25)26)12-19(15)8-2-1-3-16(23)21-19/h4-7,15H,1-3,8-12H2,(H,21,23)(H,25,26)/t15-,19+/m0/s1. The van der Waals surface area contributed by atoms with Gasteiger partial charge in [-0.1, -0.05) is 18.6 Å². The predicted octanol–water partition coefficient (Wildman–Crippen LogP) is 1.28. The highest BCUT2D eigenvalue weighted by molar-refractivity contribution is 5.80. The third kappa shape index (κ3) is 4.44. The zero-order chi connectivity index (χ0) is 19.4. The van der Waals surface area contributed by atoms with Crippen molar-refractivity contribution in [2.75, 3.05) is 26.3 Å². The molecule has 2 heterocycles. The number of rotatable bonds is 5. The van der Waals surface area contributed by atoms with E-state index in [4.69, 9.17) is 9.84 Å². The summed E-state index contributed by atoms with van der Waals surface area (Å²) in [6.07, 6.45) is 2.82. The molecule has 27 heavy (non-hydrogen) atoms. The number of hydrogen-bond donors (Lipinski definition) is 2. The van der Waals surface area contributed by atoms with Crippen LogP contribution in [0.25, 0.3) is 0 Å². The van der Waals surface area contributed by atoms with Crippen molar-refractivity contribution in [1.29, 1.82) is 0 Å². The number of hydrogen-bond acceptors (Lipinski definition) is 4. The summed E-state index contributed by atoms with van der Waals surface area (Å²) in [6.45, 7) is -0.174. The number of carbonyl (C=O) groups excluding carboxylic acids is 2. The fourth-order valence-electron chi connectivity index (χ4n) is 4.05. The summed E-state index contributed by atoms with van der Waals surface area (Å²) in [5, 5.41) is 11.8. The molecule has 1 aromatic rings. The minimum absolute atomic E-state index is 0.0453. The molecule has 0 radical (unpaired) electrons. The summed E-state index contributed by atoms with van der Waals surface area (Å²) in [5.41, 5.74) is 0.258. The van der Waals surface area contributed by atoms with Crippen molar-refractivity contribution in [3.05, 3.63) is 35.6 Å². The second-order valence-electron chi connectivity index (χ2n) is 7.18. The molecule has 2 amide bonds. The summed E-state index contributed by atoms with van der Waals surface area (Å²) < 4.78 is 18.3. The first-order valence-electron chi connectivity index (χ1n) is 9.03. The Morgan fingerprint density at radius 3 is 2.70 bits per heavy atom. The number of nitrogens with zero attached hydrogens (tertiary/aromatic N) is 1. The second-order valence-corrected chi connectivity index (χ2v) is 7.18. The third-order valence-corrected chi connectivity index (χ3v) is 5.28. The normalized spacial score (nSPS) is 25.3. The van der Waals surface area contributed by atoms with Crippen molar-refractivity contribution in [2.24, 2.45) is 0 Å². The second kappa shape index (κ2) is 8.04. The quantitative estimate of drug-likeness (QED) is 0.805. The molecule has 3 rings (SSSR count). The molecule has 0 aromatic heterocycles. The van der Waals surface area contributed by atoms with E-state index in [1.807, 2.05) is 0 Å². The first-order chi connectivity index (χ1) is 12.9. The van der Waals surface area contributed by atoms with Crippen LogP contribution < -0.4 is 5.32 Å². The lowest BCUT2D eigenvalue weighted by Crippen LogP contribution is -2.53. The zero-order valence-electron chi connectivity index (χ0n) is 14.9. The number of nitrogens with one attached hydrogen (secondary N) is 1. The van der Waals surface area contributed by atoms with Crippen molar-refractivity contribution in [3.63, 3.8) is 0 Å². The molecule has 2 atom stereocenters. The lowest BCUT2D eigenvalue weighted by atomic mass is 9.79. The van der Waals surface area contributed by atoms with Gasteiger partial charge in [0.1, 0.15) is 19.0 Å². The molecule has 2 aliphatic heterocycles. The van der Waals surface area contributed by atoms with Gasteiger partial charge < -0.3 is 20.1 Å². The number of likely N-dealkylation sites (tertiary alicyclic amines) is 1. The van der Waals surface area contributed by atoms with E-state index in [1.165, 1.54) is 12.1 Å². The van der Waals surface area contributed by atoms with Crippen LogP contribution in [-0.4, -0.2) is 59.6 Å². The summed E-state index contributed by atoms with van der Waals surface area (Å²) in [5.74, 6) is -2.01. The number of halogens is 1. The van der Waals surface area contributed by atoms with E-state index in [0.29, 0.717) is 19.5 Å². The van der Waals surface area contributed by atoms with Crippen LogP contribution in [0, 0.1) is 5.82 Å². The highest BCUT2D eigenvalue weighted by Gasteiger charge is 2.49. The van der Waals surface area contributed by atoms with Gasteiger partial charge in [-0.25, -0.2) is 9.18 Å². The lowest BCUT2D eigenvalue weighted by molar-refractivity contribution is -0.145. The molecule has 2 saturated heterocycles. The molecule has 0 bridgehead atoms. The van der Waals surface area contributed by atoms with E-state index in [-0.39, 0.29) is 30.2 Å². The molecular weight excluding hydrogens is 355 g/mol. The molecule has 146 valence electrons. The smallest absolute Gasteiger partial charge is 0.329 e. The lowest BCUT2D eigenvalue weighted by Gasteiger charge is -2.34. The van der Waals surface area contributed by atoms with Crippen molar-refractivity contribution in [2.45, 2.75) is 37.1 Å². The summed E-state index contributed by atoms with van der Waals surface area (Å²) >= 11 is 0. The minimum atomic E-state index is -1.14. The summed E-state index contributed by atoms with van der Waals surface area (Å²) in [7, 11) is 0. The Bertz CT molecular complexity index is 723. The number of amides is 2. The minimum Gasteiger partial charge on any atom is -0.480 e. The Kier molecular flexibility index (Phi) is 5.74. The van der Waals surface area contributed by atoms with Crippen LogP contribution in [0.2, 0.25) is 0 Å². The fourth-order valence-corrected chi connectivity index (χ4v) is 4.05. The Labute approximate surface area is 156 Å². The van der Waals surface area contributed by atoms with Gasteiger partial charge in [-0.15, -0.1) is 0 Å². The molecule has 7 nitrogen and oxygen atoms in total. The van der Waals surface area contributed by atoms with Gasteiger partial charge in [-0.2, -0.15) is 0 Å². The zero-order valence-corrected chi connectivity index (χ0v) is 14.9. The van der Waals surface area contributed by atoms with Gasteiger partial charge in [0.15, 0.2) is 0 Å². The number of carboxylic acids is 1. The SMILES string of the molecule is O=C(O)COCC(=O)N1C[C@@H](c2ccc(F)cc2)[C@@]2(CCCCC(=O)N2)C1. The molecule has 1 spiro atoms. The predicted molar refractivity (Wildman–Crippen MR) is 93.5 cm³/mol. The van der Waals surface area contributed by atoms with Gasteiger partial charge in [0.2, 0.25) is 11.8 Å². The van der Waals surface area contributed by atoms with Gasteiger partial charge in [-0.05, 0) is 30.5 Å². The number of ether oxygens (including phenoxy) is 1. The maximum absolute atomic E-state index is 13.3. The molecular formula is C19H23FN2O5. The highest BCUT2D eigenvalue weighted by atomic mass is 19.1. The monoisotopic (exact) mass is 378 g/mol. The van der Waals surface area contributed by atoms with E-state index < -0.39 is 18.1 Å².